The van der Waals surface area contributed by atoms with Gasteiger partial charge in [-0.3, -0.25) is 9.52 Å². The molecule has 6 nitrogen and oxygen atoms in total. The van der Waals surface area contributed by atoms with E-state index < -0.39 is 10.0 Å². The van der Waals surface area contributed by atoms with Crippen molar-refractivity contribution in [3.63, 3.8) is 0 Å². The Kier molecular flexibility index (Phi) is 7.77. The summed E-state index contributed by atoms with van der Waals surface area (Å²) in [5.74, 6) is 0.332. The Balaban J connectivity index is 1.61. The lowest BCUT2D eigenvalue weighted by molar-refractivity contribution is 0.0630. The molecule has 0 bridgehead atoms. The largest absolute Gasteiger partial charge is 0.334 e. The minimum atomic E-state index is -3.82. The predicted molar refractivity (Wildman–Crippen MR) is 142 cm³/mol. The van der Waals surface area contributed by atoms with E-state index >= 15 is 0 Å². The van der Waals surface area contributed by atoms with Gasteiger partial charge in [0.25, 0.3) is 15.9 Å². The van der Waals surface area contributed by atoms with E-state index in [0.717, 1.165) is 48.7 Å². The Morgan fingerprint density at radius 3 is 2.66 bits per heavy atom. The number of rotatable bonds is 7. The maximum absolute atomic E-state index is 13.6. The second-order valence-corrected chi connectivity index (χ2v) is 11.2. The lowest BCUT2D eigenvalue weighted by atomic mass is 9.94. The number of carbonyl (C=O) groups excluding carboxylic acids is 1. The fourth-order valence-corrected chi connectivity index (χ4v) is 6.03. The third-order valence-corrected chi connectivity index (χ3v) is 8.29. The van der Waals surface area contributed by atoms with Gasteiger partial charge in [0, 0.05) is 24.7 Å². The first-order valence-electron chi connectivity index (χ1n) is 12.4. The van der Waals surface area contributed by atoms with Gasteiger partial charge in [0.15, 0.2) is 0 Å². The van der Waals surface area contributed by atoms with Crippen molar-refractivity contribution < 1.29 is 13.2 Å². The molecular weight excluding hydrogens is 458 g/mol. The van der Waals surface area contributed by atoms with Gasteiger partial charge in [-0.25, -0.2) is 8.42 Å². The number of sulfonamides is 1. The molecule has 1 amide bonds. The van der Waals surface area contributed by atoms with Gasteiger partial charge < -0.3 is 10.2 Å². The first kappa shape index (κ1) is 25.2. The molecule has 1 heterocycles. The zero-order chi connectivity index (χ0) is 25.0. The molecule has 3 aromatic rings. The Bertz CT molecular complexity index is 1310. The molecule has 35 heavy (non-hydrogen) atoms. The SMILES string of the molecule is CCCC(C)C1CNCCCN1C(=O)c1ccc(C)c(NS(=O)(=O)c2ccc3ccccc3c2)c1. The Labute approximate surface area is 208 Å². The van der Waals surface area contributed by atoms with Crippen LogP contribution in [0.25, 0.3) is 10.8 Å². The van der Waals surface area contributed by atoms with Gasteiger partial charge in [0.05, 0.1) is 10.6 Å². The highest BCUT2D eigenvalue weighted by Gasteiger charge is 2.30. The number of amides is 1. The van der Waals surface area contributed by atoms with Crippen molar-refractivity contribution in [3.05, 3.63) is 71.8 Å². The van der Waals surface area contributed by atoms with Crippen LogP contribution < -0.4 is 10.0 Å². The normalized spacial score (nSPS) is 17.7. The molecule has 4 rings (SSSR count). The highest BCUT2D eigenvalue weighted by molar-refractivity contribution is 7.92. The number of nitrogens with one attached hydrogen (secondary N) is 2. The number of aryl methyl sites for hydroxylation is 1. The summed E-state index contributed by atoms with van der Waals surface area (Å²) >= 11 is 0. The van der Waals surface area contributed by atoms with E-state index in [1.165, 1.54) is 0 Å². The van der Waals surface area contributed by atoms with Crippen LogP contribution >= 0.6 is 0 Å². The topological polar surface area (TPSA) is 78.5 Å². The van der Waals surface area contributed by atoms with Crippen LogP contribution in [0.5, 0.6) is 0 Å². The van der Waals surface area contributed by atoms with Gasteiger partial charge in [0.1, 0.15) is 0 Å². The highest BCUT2D eigenvalue weighted by atomic mass is 32.2. The predicted octanol–water partition coefficient (Wildman–Crippen LogP) is 5.19. The molecular formula is C28H35N3O3S. The fraction of sp³-hybridized carbons (Fsp3) is 0.393. The molecule has 3 aromatic carbocycles. The Morgan fingerprint density at radius 1 is 1.11 bits per heavy atom. The summed E-state index contributed by atoms with van der Waals surface area (Å²) in [5, 5.41) is 5.31. The number of fused-ring (bicyclic) bond motifs is 1. The Hall–Kier alpha value is -2.90. The molecule has 1 fully saturated rings. The van der Waals surface area contributed by atoms with Crippen LogP contribution in [-0.2, 0) is 10.0 Å². The average molecular weight is 494 g/mol. The van der Waals surface area contributed by atoms with Crippen LogP contribution in [0.2, 0.25) is 0 Å². The minimum Gasteiger partial charge on any atom is -0.334 e. The van der Waals surface area contributed by atoms with Gasteiger partial charge in [-0.1, -0.05) is 56.7 Å². The minimum absolute atomic E-state index is 0.0483. The molecule has 2 N–H and O–H groups in total. The summed E-state index contributed by atoms with van der Waals surface area (Å²) in [6, 6.07) is 18.1. The van der Waals surface area contributed by atoms with E-state index in [2.05, 4.69) is 23.9 Å². The maximum atomic E-state index is 13.6. The van der Waals surface area contributed by atoms with Crippen molar-refractivity contribution >= 4 is 32.4 Å². The Morgan fingerprint density at radius 2 is 1.89 bits per heavy atom. The summed E-state index contributed by atoms with van der Waals surface area (Å²) in [5.41, 5.74) is 1.69. The summed E-state index contributed by atoms with van der Waals surface area (Å²) in [7, 11) is -3.82. The third kappa shape index (κ3) is 5.68. The van der Waals surface area contributed by atoms with Crippen molar-refractivity contribution in [2.45, 2.75) is 51.0 Å². The monoisotopic (exact) mass is 493 g/mol. The van der Waals surface area contributed by atoms with Gasteiger partial charge in [-0.2, -0.15) is 0 Å². The number of hydrogen-bond donors (Lipinski definition) is 2. The summed E-state index contributed by atoms with van der Waals surface area (Å²) in [6.07, 6.45) is 3.03. The van der Waals surface area contributed by atoms with Crippen LogP contribution in [0.3, 0.4) is 0 Å². The summed E-state index contributed by atoms with van der Waals surface area (Å²) in [4.78, 5) is 15.8. The lowest BCUT2D eigenvalue weighted by Gasteiger charge is -2.34. The number of hydrogen-bond acceptors (Lipinski definition) is 4. The zero-order valence-electron chi connectivity index (χ0n) is 20.8. The first-order valence-corrected chi connectivity index (χ1v) is 13.9. The van der Waals surface area contributed by atoms with Gasteiger partial charge in [-0.15, -0.1) is 0 Å². The van der Waals surface area contributed by atoms with Crippen LogP contribution in [0.1, 0.15) is 49.0 Å². The molecule has 186 valence electrons. The van der Waals surface area contributed by atoms with Gasteiger partial charge in [-0.05, 0) is 72.8 Å². The number of benzene rings is 3. The van der Waals surface area contributed by atoms with Gasteiger partial charge in [0.2, 0.25) is 0 Å². The van der Waals surface area contributed by atoms with Crippen molar-refractivity contribution in [2.75, 3.05) is 24.4 Å². The second-order valence-electron chi connectivity index (χ2n) is 9.53. The molecule has 0 saturated carbocycles. The number of nitrogens with zero attached hydrogens (tertiary/aromatic N) is 1. The summed E-state index contributed by atoms with van der Waals surface area (Å²) < 4.78 is 29.2. The van der Waals surface area contributed by atoms with E-state index in [1.54, 1.807) is 24.3 Å². The lowest BCUT2D eigenvalue weighted by Crippen LogP contribution is -2.47. The van der Waals surface area contributed by atoms with E-state index in [0.29, 0.717) is 23.7 Å². The van der Waals surface area contributed by atoms with E-state index in [-0.39, 0.29) is 16.8 Å². The molecule has 1 aliphatic heterocycles. The smallest absolute Gasteiger partial charge is 0.261 e. The van der Waals surface area contributed by atoms with Crippen molar-refractivity contribution in [2.24, 2.45) is 5.92 Å². The molecule has 0 aliphatic carbocycles. The molecule has 0 spiro atoms. The van der Waals surface area contributed by atoms with E-state index in [4.69, 9.17) is 0 Å². The second kappa shape index (κ2) is 10.8. The zero-order valence-corrected chi connectivity index (χ0v) is 21.6. The molecule has 1 aliphatic rings. The number of anilines is 1. The number of carbonyl (C=O) groups is 1. The molecule has 1 saturated heterocycles. The van der Waals surface area contributed by atoms with Crippen molar-refractivity contribution in [1.82, 2.24) is 10.2 Å². The molecule has 2 atom stereocenters. The van der Waals surface area contributed by atoms with Gasteiger partial charge >= 0.3 is 0 Å². The average Bonchev–Trinajstić information content (AvgIpc) is 3.11. The molecule has 2 unspecified atom stereocenters. The van der Waals surface area contributed by atoms with Crippen LogP contribution in [-0.4, -0.2) is 44.9 Å². The van der Waals surface area contributed by atoms with E-state index in [9.17, 15) is 13.2 Å². The summed E-state index contributed by atoms with van der Waals surface area (Å²) in [6.45, 7) is 8.58. The van der Waals surface area contributed by atoms with Crippen molar-refractivity contribution in [3.8, 4) is 0 Å². The van der Waals surface area contributed by atoms with Crippen molar-refractivity contribution in [1.29, 1.82) is 0 Å². The molecule has 0 aromatic heterocycles. The maximum Gasteiger partial charge on any atom is 0.261 e. The van der Waals surface area contributed by atoms with Crippen LogP contribution in [0.4, 0.5) is 5.69 Å². The quantitative estimate of drug-likeness (QED) is 0.475. The molecule has 7 heteroatoms. The first-order chi connectivity index (χ1) is 16.8. The highest BCUT2D eigenvalue weighted by Crippen LogP contribution is 2.26. The van der Waals surface area contributed by atoms with E-state index in [1.807, 2.05) is 48.2 Å². The molecule has 0 radical (unpaired) electrons. The van der Waals surface area contributed by atoms with Crippen LogP contribution in [0, 0.1) is 12.8 Å². The fourth-order valence-electron chi connectivity index (χ4n) is 4.88. The third-order valence-electron chi connectivity index (χ3n) is 6.93. The van der Waals surface area contributed by atoms with Crippen LogP contribution in [0.15, 0.2) is 65.6 Å². The standard InChI is InChI=1S/C28H35N3O3S/c1-4-8-21(3)27-19-29-15-7-16-31(27)28(32)24-12-11-20(2)26(18-24)30-35(33,34)25-14-13-22-9-5-6-10-23(22)17-25/h5-6,9-14,17-18,21,27,29-30H,4,7-8,15-16,19H2,1-3H3.